The van der Waals surface area contributed by atoms with Gasteiger partial charge in [-0.3, -0.25) is 4.90 Å². The lowest BCUT2D eigenvalue weighted by atomic mass is 10.1. The lowest BCUT2D eigenvalue weighted by Crippen LogP contribution is -2.49. The number of ether oxygens (including phenoxy) is 1. The van der Waals surface area contributed by atoms with E-state index in [1.807, 2.05) is 32.0 Å². The van der Waals surface area contributed by atoms with Crippen molar-refractivity contribution in [3.8, 4) is 12.3 Å². The highest BCUT2D eigenvalue weighted by Crippen LogP contribution is 2.21. The molecule has 5 heteroatoms. The number of piperazine rings is 1. The molecule has 1 heterocycles. The van der Waals surface area contributed by atoms with Crippen molar-refractivity contribution in [3.05, 3.63) is 29.3 Å². The van der Waals surface area contributed by atoms with Gasteiger partial charge in [0, 0.05) is 43.4 Å². The van der Waals surface area contributed by atoms with Crippen molar-refractivity contribution >= 4 is 17.3 Å². The summed E-state index contributed by atoms with van der Waals surface area (Å²) in [6, 6.07) is 7.93. The quantitative estimate of drug-likeness (QED) is 0.767. The van der Waals surface area contributed by atoms with Gasteiger partial charge in [-0.05, 0) is 31.5 Å². The lowest BCUT2D eigenvalue weighted by molar-refractivity contribution is -0.0473. The Hall–Kier alpha value is -1.25. The van der Waals surface area contributed by atoms with E-state index in [0.29, 0.717) is 6.54 Å². The Kier molecular flexibility index (Phi) is 6.94. The Morgan fingerprint density at radius 3 is 2.67 bits per heavy atom. The molecule has 1 aromatic carbocycles. The van der Waals surface area contributed by atoms with Gasteiger partial charge < -0.3 is 14.7 Å². The molecular formula is C19H27ClN2O2. The maximum absolute atomic E-state index is 10.2. The van der Waals surface area contributed by atoms with E-state index in [4.69, 9.17) is 22.8 Å². The zero-order valence-corrected chi connectivity index (χ0v) is 15.3. The van der Waals surface area contributed by atoms with Gasteiger partial charge in [-0.1, -0.05) is 30.5 Å². The van der Waals surface area contributed by atoms with Crippen LogP contribution in [0.2, 0.25) is 5.02 Å². The lowest BCUT2D eigenvalue weighted by Gasteiger charge is -2.37. The zero-order chi connectivity index (χ0) is 17.6. The topological polar surface area (TPSA) is 35.9 Å². The molecule has 1 saturated heterocycles. The van der Waals surface area contributed by atoms with E-state index in [0.717, 1.165) is 43.3 Å². The van der Waals surface area contributed by atoms with Crippen LogP contribution in [0.25, 0.3) is 0 Å². The van der Waals surface area contributed by atoms with Crippen molar-refractivity contribution < 1.29 is 9.84 Å². The Morgan fingerprint density at radius 2 is 2.08 bits per heavy atom. The van der Waals surface area contributed by atoms with Crippen LogP contribution in [0, 0.1) is 12.3 Å². The number of β-amino-alcohol motifs (C(OH)–C–C–N with tert-alkyl or cyclic N) is 1. The molecule has 4 nitrogen and oxygen atoms in total. The van der Waals surface area contributed by atoms with Crippen molar-refractivity contribution in [1.82, 2.24) is 4.90 Å². The van der Waals surface area contributed by atoms with Crippen LogP contribution < -0.4 is 4.90 Å². The van der Waals surface area contributed by atoms with Crippen LogP contribution in [0.1, 0.15) is 20.3 Å². The summed E-state index contributed by atoms with van der Waals surface area (Å²) in [5, 5.41) is 11.0. The van der Waals surface area contributed by atoms with Gasteiger partial charge in [0.25, 0.3) is 0 Å². The van der Waals surface area contributed by atoms with Gasteiger partial charge in [0.05, 0.1) is 12.7 Å². The number of nitrogens with zero attached hydrogens (tertiary/aromatic N) is 2. The number of halogens is 1. The molecule has 1 N–H and O–H groups in total. The predicted molar refractivity (Wildman–Crippen MR) is 99.6 cm³/mol. The highest BCUT2D eigenvalue weighted by atomic mass is 35.5. The Labute approximate surface area is 150 Å². The van der Waals surface area contributed by atoms with Crippen LogP contribution in [0.4, 0.5) is 5.69 Å². The fourth-order valence-electron chi connectivity index (χ4n) is 2.74. The van der Waals surface area contributed by atoms with Gasteiger partial charge >= 0.3 is 0 Å². The Morgan fingerprint density at radius 1 is 1.38 bits per heavy atom. The fraction of sp³-hybridized carbons (Fsp3) is 0.579. The largest absolute Gasteiger partial charge is 0.389 e. The molecule has 1 aliphatic rings. The number of hydrogen-bond donors (Lipinski definition) is 1. The third-order valence-electron chi connectivity index (χ3n) is 4.59. The van der Waals surface area contributed by atoms with Crippen LogP contribution in [0.3, 0.4) is 0 Å². The molecule has 0 spiro atoms. The van der Waals surface area contributed by atoms with Gasteiger partial charge in [0.2, 0.25) is 0 Å². The number of aliphatic hydroxyl groups is 1. The minimum atomic E-state index is -0.591. The Bertz CT molecular complexity index is 567. The fourth-order valence-corrected chi connectivity index (χ4v) is 2.92. The molecule has 0 radical (unpaired) electrons. The maximum Gasteiger partial charge on any atom is 0.125 e. The zero-order valence-electron chi connectivity index (χ0n) is 14.5. The second kappa shape index (κ2) is 8.73. The molecule has 0 amide bonds. The van der Waals surface area contributed by atoms with Crippen LogP contribution in [-0.2, 0) is 4.74 Å². The van der Waals surface area contributed by atoms with Crippen molar-refractivity contribution in [2.45, 2.75) is 32.0 Å². The van der Waals surface area contributed by atoms with E-state index in [1.165, 1.54) is 0 Å². The summed E-state index contributed by atoms with van der Waals surface area (Å²) in [6.07, 6.45) is 5.69. The van der Waals surface area contributed by atoms with Crippen LogP contribution >= 0.6 is 11.6 Å². The first-order valence-corrected chi connectivity index (χ1v) is 8.86. The van der Waals surface area contributed by atoms with Crippen molar-refractivity contribution in [2.75, 3.05) is 44.2 Å². The number of rotatable bonds is 7. The standard InChI is InChI=1S/C19H27ClN2O2/c1-4-19(3,5-2)24-15-18(23)14-21-9-11-22(12-10-21)17-8-6-7-16(20)13-17/h1,6-8,13,18,23H,5,9-12,14-15H2,2-3H3. The maximum atomic E-state index is 10.2. The molecule has 24 heavy (non-hydrogen) atoms. The van der Waals surface area contributed by atoms with Crippen molar-refractivity contribution in [2.24, 2.45) is 0 Å². The third-order valence-corrected chi connectivity index (χ3v) is 4.82. The predicted octanol–water partition coefficient (Wildman–Crippen LogP) is 2.64. The molecule has 1 fully saturated rings. The summed E-state index contributed by atoms with van der Waals surface area (Å²) in [5.74, 6) is 2.65. The first-order chi connectivity index (χ1) is 11.5. The summed E-state index contributed by atoms with van der Waals surface area (Å²) < 4.78 is 5.70. The second-order valence-electron chi connectivity index (χ2n) is 6.46. The molecular weight excluding hydrogens is 324 g/mol. The van der Waals surface area contributed by atoms with E-state index < -0.39 is 11.7 Å². The molecule has 0 aromatic heterocycles. The first-order valence-electron chi connectivity index (χ1n) is 8.48. The normalized spacial score (nSPS) is 19.5. The summed E-state index contributed by atoms with van der Waals surface area (Å²) in [4.78, 5) is 4.58. The van der Waals surface area contributed by atoms with Gasteiger partial charge in [0.15, 0.2) is 0 Å². The van der Waals surface area contributed by atoms with E-state index in [9.17, 15) is 5.11 Å². The SMILES string of the molecule is C#CC(C)(CC)OCC(O)CN1CCN(c2cccc(Cl)c2)CC1. The number of aliphatic hydroxyl groups excluding tert-OH is 1. The number of hydrogen-bond acceptors (Lipinski definition) is 4. The first kappa shape index (κ1) is 19.1. The van der Waals surface area contributed by atoms with E-state index in [-0.39, 0.29) is 6.61 Å². The third kappa shape index (κ3) is 5.39. The van der Waals surface area contributed by atoms with Gasteiger partial charge in [-0.25, -0.2) is 0 Å². The highest BCUT2D eigenvalue weighted by Gasteiger charge is 2.23. The summed E-state index contributed by atoms with van der Waals surface area (Å²) in [6.45, 7) is 8.39. The Balaban J connectivity index is 1.76. The minimum absolute atomic E-state index is 0.267. The highest BCUT2D eigenvalue weighted by molar-refractivity contribution is 6.30. The minimum Gasteiger partial charge on any atom is -0.389 e. The molecule has 0 aliphatic carbocycles. The van der Waals surface area contributed by atoms with E-state index in [2.05, 4.69) is 21.8 Å². The molecule has 2 unspecified atom stereocenters. The second-order valence-corrected chi connectivity index (χ2v) is 6.90. The number of benzene rings is 1. The average Bonchev–Trinajstić information content (AvgIpc) is 2.60. The molecule has 0 bridgehead atoms. The summed E-state index contributed by atoms with van der Waals surface area (Å²) in [7, 11) is 0. The van der Waals surface area contributed by atoms with Crippen LogP contribution in [0.5, 0.6) is 0 Å². The van der Waals surface area contributed by atoms with Crippen molar-refractivity contribution in [3.63, 3.8) is 0 Å². The van der Waals surface area contributed by atoms with E-state index >= 15 is 0 Å². The average molecular weight is 351 g/mol. The number of terminal acetylenes is 1. The van der Waals surface area contributed by atoms with Gasteiger partial charge in [0.1, 0.15) is 5.60 Å². The molecule has 0 saturated carbocycles. The summed E-state index contributed by atoms with van der Waals surface area (Å²) >= 11 is 6.06. The van der Waals surface area contributed by atoms with Gasteiger partial charge in [-0.2, -0.15) is 0 Å². The molecule has 1 aromatic rings. The molecule has 2 rings (SSSR count). The van der Waals surface area contributed by atoms with Crippen LogP contribution in [-0.4, -0.2) is 61.0 Å². The molecule has 1 aliphatic heterocycles. The van der Waals surface area contributed by atoms with Crippen molar-refractivity contribution in [1.29, 1.82) is 0 Å². The van der Waals surface area contributed by atoms with Crippen LogP contribution in [0.15, 0.2) is 24.3 Å². The van der Waals surface area contributed by atoms with Gasteiger partial charge in [-0.15, -0.1) is 6.42 Å². The number of anilines is 1. The monoisotopic (exact) mass is 350 g/mol. The molecule has 2 atom stereocenters. The summed E-state index contributed by atoms with van der Waals surface area (Å²) in [5.41, 5.74) is 0.561. The smallest absolute Gasteiger partial charge is 0.125 e. The van der Waals surface area contributed by atoms with E-state index in [1.54, 1.807) is 0 Å². The molecule has 132 valence electrons.